The number of non-ortho nitro benzene ring substituents is 1. The van der Waals surface area contributed by atoms with Crippen molar-refractivity contribution in [2.24, 2.45) is 5.92 Å². The van der Waals surface area contributed by atoms with Gasteiger partial charge in [0.15, 0.2) is 0 Å². The highest BCUT2D eigenvalue weighted by Crippen LogP contribution is 2.21. The van der Waals surface area contributed by atoms with Crippen molar-refractivity contribution in [2.45, 2.75) is 13.3 Å². The molecule has 0 aliphatic carbocycles. The van der Waals surface area contributed by atoms with E-state index in [2.05, 4.69) is 5.32 Å². The van der Waals surface area contributed by atoms with E-state index >= 15 is 0 Å². The van der Waals surface area contributed by atoms with Crippen molar-refractivity contribution in [3.63, 3.8) is 0 Å². The van der Waals surface area contributed by atoms with Gasteiger partial charge in [0.05, 0.1) is 10.8 Å². The zero-order valence-corrected chi connectivity index (χ0v) is 12.1. The van der Waals surface area contributed by atoms with E-state index in [1.165, 1.54) is 17.0 Å². The highest BCUT2D eigenvalue weighted by Gasteiger charge is 2.33. The molecule has 1 aliphatic heterocycles. The number of carboxylic acids is 1. The number of carbonyl (C=O) groups excluding carboxylic acids is 1. The summed E-state index contributed by atoms with van der Waals surface area (Å²) in [5, 5.41) is 22.7. The normalized spacial score (nSPS) is 17.6. The molecule has 0 unspecified atom stereocenters. The summed E-state index contributed by atoms with van der Waals surface area (Å²) in [6.07, 6.45) is 0.0475. The molecule has 0 bridgehead atoms. The van der Waals surface area contributed by atoms with E-state index in [4.69, 9.17) is 5.11 Å². The summed E-state index contributed by atoms with van der Waals surface area (Å²) >= 11 is 0. The number of aryl methyl sites for hydroxylation is 1. The van der Waals surface area contributed by atoms with Crippen molar-refractivity contribution in [3.05, 3.63) is 33.9 Å². The number of benzene rings is 1. The number of rotatable bonds is 6. The van der Waals surface area contributed by atoms with Gasteiger partial charge < -0.3 is 15.3 Å². The van der Waals surface area contributed by atoms with Gasteiger partial charge in [0.25, 0.3) is 5.69 Å². The third kappa shape index (κ3) is 3.51. The first-order chi connectivity index (χ1) is 10.4. The molecule has 0 spiro atoms. The molecule has 2 N–H and O–H groups in total. The predicted molar refractivity (Wildman–Crippen MR) is 78.6 cm³/mol. The third-order valence-electron chi connectivity index (χ3n) is 3.68. The molecule has 118 valence electrons. The summed E-state index contributed by atoms with van der Waals surface area (Å²) in [7, 11) is 0. The smallest absolute Gasteiger partial charge is 0.308 e. The van der Waals surface area contributed by atoms with Crippen LogP contribution in [0.3, 0.4) is 0 Å². The summed E-state index contributed by atoms with van der Waals surface area (Å²) in [6.45, 7) is 2.85. The first-order valence-corrected chi connectivity index (χ1v) is 6.88. The number of carboxylic acid groups (broad SMARTS) is 1. The lowest BCUT2D eigenvalue weighted by Gasteiger charge is -2.17. The number of nitro benzene ring substituents is 1. The molecule has 8 nitrogen and oxygen atoms in total. The summed E-state index contributed by atoms with van der Waals surface area (Å²) < 4.78 is 0. The van der Waals surface area contributed by atoms with Crippen LogP contribution in [-0.2, 0) is 9.59 Å². The standard InChI is InChI=1S/C14H17N3O5/c1-9-6-11(17(21)22)2-3-12(9)15-4-5-16-8-10(14(19)20)7-13(16)18/h2-3,6,10,15H,4-5,7-8H2,1H3,(H,19,20)/t10-/m0/s1. The second-order valence-electron chi connectivity index (χ2n) is 5.26. The van der Waals surface area contributed by atoms with Crippen molar-refractivity contribution < 1.29 is 19.6 Å². The number of carbonyl (C=O) groups is 2. The van der Waals surface area contributed by atoms with Gasteiger partial charge in [-0.1, -0.05) is 0 Å². The van der Waals surface area contributed by atoms with Gasteiger partial charge in [0.2, 0.25) is 5.91 Å². The van der Waals surface area contributed by atoms with Crippen LogP contribution in [0.2, 0.25) is 0 Å². The van der Waals surface area contributed by atoms with Crippen LogP contribution in [0, 0.1) is 23.0 Å². The Morgan fingerprint density at radius 1 is 1.55 bits per heavy atom. The van der Waals surface area contributed by atoms with E-state index in [9.17, 15) is 19.7 Å². The minimum Gasteiger partial charge on any atom is -0.481 e. The van der Waals surface area contributed by atoms with Gasteiger partial charge >= 0.3 is 5.97 Å². The lowest BCUT2D eigenvalue weighted by molar-refractivity contribution is -0.384. The maximum absolute atomic E-state index is 11.7. The van der Waals surface area contributed by atoms with Gasteiger partial charge in [-0.2, -0.15) is 0 Å². The minimum absolute atomic E-state index is 0.0297. The molecule has 1 fully saturated rings. The number of amides is 1. The van der Waals surface area contributed by atoms with Gasteiger partial charge in [0, 0.05) is 43.9 Å². The van der Waals surface area contributed by atoms with E-state index in [1.54, 1.807) is 13.0 Å². The fraction of sp³-hybridized carbons (Fsp3) is 0.429. The molecule has 1 aromatic carbocycles. The van der Waals surface area contributed by atoms with Crippen LogP contribution in [0.25, 0.3) is 0 Å². The quantitative estimate of drug-likeness (QED) is 0.604. The van der Waals surface area contributed by atoms with Crippen LogP contribution in [0.4, 0.5) is 11.4 Å². The molecule has 2 rings (SSSR count). The number of anilines is 1. The Balaban J connectivity index is 1.88. The van der Waals surface area contributed by atoms with Crippen molar-refractivity contribution in [1.82, 2.24) is 4.90 Å². The molecule has 1 saturated heterocycles. The van der Waals surface area contributed by atoms with Crippen LogP contribution in [-0.4, -0.2) is 46.4 Å². The number of hydrogen-bond donors (Lipinski definition) is 2. The number of hydrogen-bond acceptors (Lipinski definition) is 5. The molecule has 1 aliphatic rings. The van der Waals surface area contributed by atoms with E-state index in [0.717, 1.165) is 11.3 Å². The largest absolute Gasteiger partial charge is 0.481 e. The Hall–Kier alpha value is -2.64. The van der Waals surface area contributed by atoms with E-state index in [1.807, 2.05) is 0 Å². The summed E-state index contributed by atoms with van der Waals surface area (Å²) in [5.74, 6) is -1.74. The molecule has 1 heterocycles. The number of aliphatic carboxylic acids is 1. The molecule has 1 amide bonds. The Morgan fingerprint density at radius 3 is 2.82 bits per heavy atom. The SMILES string of the molecule is Cc1cc([N+](=O)[O-])ccc1NCCN1C[C@@H](C(=O)O)CC1=O. The Morgan fingerprint density at radius 2 is 2.27 bits per heavy atom. The van der Waals surface area contributed by atoms with E-state index in [0.29, 0.717) is 13.1 Å². The zero-order valence-electron chi connectivity index (χ0n) is 12.1. The number of nitrogens with zero attached hydrogens (tertiary/aromatic N) is 2. The first-order valence-electron chi connectivity index (χ1n) is 6.88. The van der Waals surface area contributed by atoms with Crippen molar-refractivity contribution in [2.75, 3.05) is 25.0 Å². The van der Waals surface area contributed by atoms with Crippen LogP contribution in [0.15, 0.2) is 18.2 Å². The first kappa shape index (κ1) is 15.7. The van der Waals surface area contributed by atoms with Crippen LogP contribution in [0.1, 0.15) is 12.0 Å². The fourth-order valence-electron chi connectivity index (χ4n) is 2.44. The van der Waals surface area contributed by atoms with Crippen molar-refractivity contribution in [3.8, 4) is 0 Å². The molecule has 8 heteroatoms. The molecule has 0 saturated carbocycles. The van der Waals surface area contributed by atoms with Crippen LogP contribution < -0.4 is 5.32 Å². The maximum Gasteiger partial charge on any atom is 0.308 e. The van der Waals surface area contributed by atoms with Gasteiger partial charge in [-0.3, -0.25) is 19.7 Å². The summed E-state index contributed by atoms with van der Waals surface area (Å²) in [5.41, 5.74) is 1.53. The Labute approximate surface area is 126 Å². The molecule has 22 heavy (non-hydrogen) atoms. The van der Waals surface area contributed by atoms with Crippen LogP contribution >= 0.6 is 0 Å². The molecule has 1 aromatic rings. The average molecular weight is 307 g/mol. The summed E-state index contributed by atoms with van der Waals surface area (Å²) in [4.78, 5) is 34.3. The zero-order chi connectivity index (χ0) is 16.3. The number of likely N-dealkylation sites (tertiary alicyclic amines) is 1. The van der Waals surface area contributed by atoms with Crippen molar-refractivity contribution in [1.29, 1.82) is 0 Å². The van der Waals surface area contributed by atoms with Gasteiger partial charge in [0.1, 0.15) is 0 Å². The lowest BCUT2D eigenvalue weighted by Crippen LogP contribution is -2.31. The average Bonchev–Trinajstić information content (AvgIpc) is 2.82. The van der Waals surface area contributed by atoms with Crippen LogP contribution in [0.5, 0.6) is 0 Å². The highest BCUT2D eigenvalue weighted by atomic mass is 16.6. The second-order valence-corrected chi connectivity index (χ2v) is 5.26. The minimum atomic E-state index is -0.949. The third-order valence-corrected chi connectivity index (χ3v) is 3.68. The Kier molecular flexibility index (Phi) is 4.59. The maximum atomic E-state index is 11.7. The molecule has 1 atom stereocenters. The van der Waals surface area contributed by atoms with E-state index in [-0.39, 0.29) is 24.6 Å². The number of nitro groups is 1. The predicted octanol–water partition coefficient (Wildman–Crippen LogP) is 1.25. The fourth-order valence-corrected chi connectivity index (χ4v) is 2.44. The number of nitrogens with one attached hydrogen (secondary N) is 1. The Bertz CT molecular complexity index is 616. The molecule has 0 radical (unpaired) electrons. The molecular weight excluding hydrogens is 290 g/mol. The second kappa shape index (κ2) is 6.42. The highest BCUT2D eigenvalue weighted by molar-refractivity contribution is 5.86. The molecule has 0 aromatic heterocycles. The summed E-state index contributed by atoms with van der Waals surface area (Å²) in [6, 6.07) is 4.51. The van der Waals surface area contributed by atoms with Crippen molar-refractivity contribution >= 4 is 23.3 Å². The van der Waals surface area contributed by atoms with Gasteiger partial charge in [-0.05, 0) is 18.6 Å². The monoisotopic (exact) mass is 307 g/mol. The van der Waals surface area contributed by atoms with Gasteiger partial charge in [-0.25, -0.2) is 0 Å². The van der Waals surface area contributed by atoms with E-state index < -0.39 is 16.8 Å². The van der Waals surface area contributed by atoms with Gasteiger partial charge in [-0.15, -0.1) is 0 Å². The topological polar surface area (TPSA) is 113 Å². The lowest BCUT2D eigenvalue weighted by atomic mass is 10.1. The molecular formula is C14H17N3O5.